The van der Waals surface area contributed by atoms with Crippen LogP contribution < -0.4 is 5.32 Å². The standard InChI is InChI=1S/C20H18N2O3/c23-12-14(24)11-21-17-10-18(22-16-7-3-2-6-15(16)17)20-9-13-5-1-4-8-19(13)25-20/h1-10,14,23-24H,11-12H2,(H,21,22). The Hall–Kier alpha value is -2.89. The summed E-state index contributed by atoms with van der Waals surface area (Å²) in [5, 5.41) is 23.8. The van der Waals surface area contributed by atoms with Gasteiger partial charge in [0.1, 0.15) is 11.3 Å². The van der Waals surface area contributed by atoms with Crippen molar-refractivity contribution in [2.24, 2.45) is 0 Å². The molecular formula is C20H18N2O3. The number of furan rings is 1. The number of hydrogen-bond donors (Lipinski definition) is 3. The van der Waals surface area contributed by atoms with E-state index < -0.39 is 6.10 Å². The molecule has 3 N–H and O–H groups in total. The summed E-state index contributed by atoms with van der Waals surface area (Å²) in [5.74, 6) is 0.692. The van der Waals surface area contributed by atoms with Gasteiger partial charge in [-0.2, -0.15) is 0 Å². The van der Waals surface area contributed by atoms with E-state index in [-0.39, 0.29) is 13.2 Å². The van der Waals surface area contributed by atoms with Gasteiger partial charge in [-0.3, -0.25) is 0 Å². The van der Waals surface area contributed by atoms with E-state index in [0.29, 0.717) is 5.76 Å². The highest BCUT2D eigenvalue weighted by molar-refractivity contribution is 5.94. The third-order valence-electron chi connectivity index (χ3n) is 4.13. The molecule has 126 valence electrons. The summed E-state index contributed by atoms with van der Waals surface area (Å²) in [4.78, 5) is 4.70. The molecule has 1 unspecified atom stereocenters. The number of nitrogens with zero attached hydrogens (tertiary/aromatic N) is 1. The maximum atomic E-state index is 9.63. The Morgan fingerprint density at radius 3 is 2.68 bits per heavy atom. The van der Waals surface area contributed by atoms with Crippen LogP contribution in [0.15, 0.2) is 65.1 Å². The van der Waals surface area contributed by atoms with Crippen molar-refractivity contribution in [2.75, 3.05) is 18.5 Å². The van der Waals surface area contributed by atoms with Crippen LogP contribution >= 0.6 is 0 Å². The Morgan fingerprint density at radius 2 is 1.84 bits per heavy atom. The zero-order chi connectivity index (χ0) is 17.2. The lowest BCUT2D eigenvalue weighted by Crippen LogP contribution is -2.23. The van der Waals surface area contributed by atoms with Crippen LogP contribution in [0.2, 0.25) is 0 Å². The van der Waals surface area contributed by atoms with Gasteiger partial charge in [0.2, 0.25) is 0 Å². The minimum atomic E-state index is -0.818. The molecule has 4 aromatic rings. The van der Waals surface area contributed by atoms with Gasteiger partial charge >= 0.3 is 0 Å². The Morgan fingerprint density at radius 1 is 1.04 bits per heavy atom. The number of para-hydroxylation sites is 2. The number of aromatic nitrogens is 1. The van der Waals surface area contributed by atoms with Crippen LogP contribution in [0.3, 0.4) is 0 Å². The first-order chi connectivity index (χ1) is 12.2. The van der Waals surface area contributed by atoms with Crippen molar-refractivity contribution in [1.29, 1.82) is 0 Å². The normalized spacial score (nSPS) is 12.6. The van der Waals surface area contributed by atoms with Gasteiger partial charge in [0, 0.05) is 23.0 Å². The number of hydrogen-bond acceptors (Lipinski definition) is 5. The van der Waals surface area contributed by atoms with E-state index in [4.69, 9.17) is 14.5 Å². The number of aliphatic hydroxyl groups is 2. The summed E-state index contributed by atoms with van der Waals surface area (Å²) in [6, 6.07) is 19.5. The number of fused-ring (bicyclic) bond motifs is 2. The van der Waals surface area contributed by atoms with Gasteiger partial charge in [-0.15, -0.1) is 0 Å². The van der Waals surface area contributed by atoms with Crippen LogP contribution in [-0.2, 0) is 0 Å². The minimum Gasteiger partial charge on any atom is -0.454 e. The zero-order valence-electron chi connectivity index (χ0n) is 13.5. The highest BCUT2D eigenvalue weighted by Crippen LogP contribution is 2.31. The number of aliphatic hydroxyl groups excluding tert-OH is 2. The molecule has 0 aliphatic carbocycles. The molecule has 5 nitrogen and oxygen atoms in total. The fourth-order valence-electron chi connectivity index (χ4n) is 2.85. The summed E-state index contributed by atoms with van der Waals surface area (Å²) >= 11 is 0. The van der Waals surface area contributed by atoms with Gasteiger partial charge in [-0.25, -0.2) is 4.98 Å². The second kappa shape index (κ2) is 6.55. The Bertz CT molecular complexity index is 993. The SMILES string of the molecule is OCC(O)CNc1cc(-c2cc3ccccc3o2)nc2ccccc12. The van der Waals surface area contributed by atoms with E-state index in [2.05, 4.69) is 5.32 Å². The van der Waals surface area contributed by atoms with Gasteiger partial charge in [0.05, 0.1) is 18.2 Å². The van der Waals surface area contributed by atoms with E-state index in [0.717, 1.165) is 33.3 Å². The predicted octanol–water partition coefficient (Wildman–Crippen LogP) is 3.41. The van der Waals surface area contributed by atoms with Crippen LogP contribution in [0.4, 0.5) is 5.69 Å². The van der Waals surface area contributed by atoms with Gasteiger partial charge in [0.25, 0.3) is 0 Å². The van der Waals surface area contributed by atoms with Crippen LogP contribution in [0, 0.1) is 0 Å². The molecule has 2 aromatic carbocycles. The average Bonchev–Trinajstić information content (AvgIpc) is 3.09. The molecular weight excluding hydrogens is 316 g/mol. The molecule has 0 spiro atoms. The fraction of sp³-hybridized carbons (Fsp3) is 0.150. The van der Waals surface area contributed by atoms with Crippen molar-refractivity contribution in [3.05, 3.63) is 60.7 Å². The maximum absolute atomic E-state index is 9.63. The van der Waals surface area contributed by atoms with E-state index >= 15 is 0 Å². The minimum absolute atomic E-state index is 0.254. The number of benzene rings is 2. The van der Waals surface area contributed by atoms with Crippen molar-refractivity contribution in [1.82, 2.24) is 4.98 Å². The Kier molecular flexibility index (Phi) is 4.09. The summed E-state index contributed by atoms with van der Waals surface area (Å²) in [5.41, 5.74) is 3.21. The van der Waals surface area contributed by atoms with E-state index in [1.54, 1.807) is 0 Å². The summed E-state index contributed by atoms with van der Waals surface area (Å²) in [6.07, 6.45) is -0.818. The predicted molar refractivity (Wildman–Crippen MR) is 98.5 cm³/mol. The summed E-state index contributed by atoms with van der Waals surface area (Å²) in [6.45, 7) is -0.0312. The molecule has 0 bridgehead atoms. The first kappa shape index (κ1) is 15.6. The lowest BCUT2D eigenvalue weighted by molar-refractivity contribution is 0.105. The molecule has 0 radical (unpaired) electrons. The highest BCUT2D eigenvalue weighted by atomic mass is 16.3. The zero-order valence-corrected chi connectivity index (χ0v) is 13.5. The van der Waals surface area contributed by atoms with Crippen molar-refractivity contribution in [3.63, 3.8) is 0 Å². The molecule has 4 rings (SSSR count). The molecule has 1 atom stereocenters. The Labute approximate surface area is 144 Å². The molecule has 25 heavy (non-hydrogen) atoms. The molecule has 0 saturated carbocycles. The summed E-state index contributed by atoms with van der Waals surface area (Å²) < 4.78 is 5.93. The van der Waals surface area contributed by atoms with Crippen LogP contribution in [0.25, 0.3) is 33.3 Å². The van der Waals surface area contributed by atoms with Crippen molar-refractivity contribution in [3.8, 4) is 11.5 Å². The van der Waals surface area contributed by atoms with E-state index in [9.17, 15) is 5.11 Å². The first-order valence-electron chi connectivity index (χ1n) is 8.16. The monoisotopic (exact) mass is 334 g/mol. The van der Waals surface area contributed by atoms with E-state index in [1.165, 1.54) is 0 Å². The lowest BCUT2D eigenvalue weighted by Gasteiger charge is -2.13. The molecule has 5 heteroatoms. The number of rotatable bonds is 5. The van der Waals surface area contributed by atoms with Crippen LogP contribution in [0.5, 0.6) is 0 Å². The number of pyridine rings is 1. The average molecular weight is 334 g/mol. The third kappa shape index (κ3) is 3.07. The maximum Gasteiger partial charge on any atom is 0.153 e. The fourth-order valence-corrected chi connectivity index (χ4v) is 2.85. The quantitative estimate of drug-likeness (QED) is 0.521. The molecule has 2 heterocycles. The Balaban J connectivity index is 1.81. The molecule has 0 fully saturated rings. The highest BCUT2D eigenvalue weighted by Gasteiger charge is 2.12. The molecule has 0 amide bonds. The lowest BCUT2D eigenvalue weighted by atomic mass is 10.1. The van der Waals surface area contributed by atoms with Crippen molar-refractivity contribution < 1.29 is 14.6 Å². The summed E-state index contributed by atoms with van der Waals surface area (Å²) in [7, 11) is 0. The van der Waals surface area contributed by atoms with Gasteiger partial charge in [-0.1, -0.05) is 36.4 Å². The molecule has 0 saturated heterocycles. The number of anilines is 1. The second-order valence-corrected chi connectivity index (χ2v) is 5.94. The third-order valence-corrected chi connectivity index (χ3v) is 4.13. The van der Waals surface area contributed by atoms with Crippen molar-refractivity contribution >= 4 is 27.6 Å². The topological polar surface area (TPSA) is 78.5 Å². The smallest absolute Gasteiger partial charge is 0.153 e. The van der Waals surface area contributed by atoms with Gasteiger partial charge < -0.3 is 19.9 Å². The molecule has 2 aromatic heterocycles. The number of nitrogens with one attached hydrogen (secondary N) is 1. The first-order valence-corrected chi connectivity index (χ1v) is 8.16. The molecule has 0 aliphatic rings. The van der Waals surface area contributed by atoms with Gasteiger partial charge in [-0.05, 0) is 24.3 Å². The molecule has 0 aliphatic heterocycles. The van der Waals surface area contributed by atoms with Gasteiger partial charge in [0.15, 0.2) is 5.76 Å². The van der Waals surface area contributed by atoms with Crippen LogP contribution in [-0.4, -0.2) is 34.5 Å². The van der Waals surface area contributed by atoms with Crippen LogP contribution in [0.1, 0.15) is 0 Å². The largest absolute Gasteiger partial charge is 0.454 e. The van der Waals surface area contributed by atoms with Crippen molar-refractivity contribution in [2.45, 2.75) is 6.10 Å². The second-order valence-electron chi connectivity index (χ2n) is 5.94. The van der Waals surface area contributed by atoms with E-state index in [1.807, 2.05) is 60.7 Å².